The monoisotopic (exact) mass is 251 g/mol. The summed E-state index contributed by atoms with van der Waals surface area (Å²) in [5.74, 6) is 1.79. The average Bonchev–Trinajstić information content (AvgIpc) is 2.35. The van der Waals surface area contributed by atoms with Crippen LogP contribution in [0.1, 0.15) is 19.4 Å². The fourth-order valence-electron chi connectivity index (χ4n) is 1.52. The molecular weight excluding hydrogens is 234 g/mol. The van der Waals surface area contributed by atoms with E-state index in [2.05, 4.69) is 4.99 Å². The Morgan fingerprint density at radius 2 is 1.83 bits per heavy atom. The van der Waals surface area contributed by atoms with E-state index in [-0.39, 0.29) is 12.6 Å². The maximum absolute atomic E-state index is 10.2. The molecule has 0 saturated carbocycles. The fourth-order valence-corrected chi connectivity index (χ4v) is 1.52. The fraction of sp³-hybridized carbons (Fsp3) is 0.462. The molecule has 0 fully saturated rings. The van der Waals surface area contributed by atoms with E-state index in [1.54, 1.807) is 26.4 Å². The van der Waals surface area contributed by atoms with Gasteiger partial charge in [-0.05, 0) is 19.9 Å². The summed E-state index contributed by atoms with van der Waals surface area (Å²) in [5.41, 5.74) is 0.744. The van der Waals surface area contributed by atoms with Gasteiger partial charge in [-0.1, -0.05) is 0 Å². The highest BCUT2D eigenvalue weighted by Gasteiger charge is 2.13. The van der Waals surface area contributed by atoms with Gasteiger partial charge in [0.2, 0.25) is 6.08 Å². The first-order valence-corrected chi connectivity index (χ1v) is 5.57. The molecule has 0 N–H and O–H groups in total. The number of methoxy groups -OCH3 is 2. The van der Waals surface area contributed by atoms with E-state index in [1.807, 2.05) is 13.8 Å². The Morgan fingerprint density at radius 3 is 2.33 bits per heavy atom. The molecule has 1 aromatic carbocycles. The number of isocyanates is 1. The molecule has 0 aliphatic carbocycles. The molecule has 0 aliphatic rings. The van der Waals surface area contributed by atoms with E-state index in [1.165, 1.54) is 6.08 Å². The summed E-state index contributed by atoms with van der Waals surface area (Å²) in [4.78, 5) is 13.7. The molecular formula is C13H17NO4. The van der Waals surface area contributed by atoms with Gasteiger partial charge in [-0.25, -0.2) is 9.79 Å². The van der Waals surface area contributed by atoms with Crippen LogP contribution in [0, 0.1) is 0 Å². The quantitative estimate of drug-likeness (QED) is 0.575. The molecule has 5 nitrogen and oxygen atoms in total. The second kappa shape index (κ2) is 6.67. The highest BCUT2D eigenvalue weighted by atomic mass is 16.5. The molecule has 0 aliphatic heterocycles. The number of aliphatic imine (C=N–C) groups is 1. The minimum Gasteiger partial charge on any atom is -0.496 e. The lowest BCUT2D eigenvalue weighted by molar-refractivity contribution is 0.228. The number of ether oxygens (including phenoxy) is 3. The minimum absolute atomic E-state index is 0.0300. The van der Waals surface area contributed by atoms with Crippen molar-refractivity contribution in [1.29, 1.82) is 0 Å². The van der Waals surface area contributed by atoms with Crippen molar-refractivity contribution < 1.29 is 19.0 Å². The van der Waals surface area contributed by atoms with Gasteiger partial charge in [-0.3, -0.25) is 0 Å². The van der Waals surface area contributed by atoms with Crippen molar-refractivity contribution in [3.05, 3.63) is 17.7 Å². The van der Waals surface area contributed by atoms with Crippen LogP contribution in [-0.2, 0) is 11.3 Å². The van der Waals surface area contributed by atoms with Gasteiger partial charge in [0.15, 0.2) is 11.5 Å². The van der Waals surface area contributed by atoms with Crippen molar-refractivity contribution in [3.8, 4) is 17.2 Å². The van der Waals surface area contributed by atoms with Crippen molar-refractivity contribution in [3.63, 3.8) is 0 Å². The van der Waals surface area contributed by atoms with Gasteiger partial charge in [-0.15, -0.1) is 0 Å². The molecule has 0 unspecified atom stereocenters. The van der Waals surface area contributed by atoms with E-state index >= 15 is 0 Å². The second-order valence-electron chi connectivity index (χ2n) is 3.89. The first-order valence-electron chi connectivity index (χ1n) is 5.57. The van der Waals surface area contributed by atoms with Gasteiger partial charge in [0.05, 0.1) is 26.9 Å². The first kappa shape index (κ1) is 14.1. The van der Waals surface area contributed by atoms with Gasteiger partial charge in [0.25, 0.3) is 0 Å². The topological polar surface area (TPSA) is 57.1 Å². The molecule has 0 aromatic heterocycles. The molecule has 0 amide bonds. The van der Waals surface area contributed by atoms with E-state index in [9.17, 15) is 4.79 Å². The van der Waals surface area contributed by atoms with Crippen LogP contribution < -0.4 is 14.2 Å². The zero-order valence-electron chi connectivity index (χ0n) is 11.0. The van der Waals surface area contributed by atoms with Gasteiger partial charge < -0.3 is 14.2 Å². The summed E-state index contributed by atoms with van der Waals surface area (Å²) in [5, 5.41) is 0. The lowest BCUT2D eigenvalue weighted by atomic mass is 10.1. The number of hydrogen-bond donors (Lipinski definition) is 0. The average molecular weight is 251 g/mol. The Hall–Kier alpha value is -2.00. The molecule has 5 heteroatoms. The third-order valence-corrected chi connectivity index (χ3v) is 2.24. The largest absolute Gasteiger partial charge is 0.496 e. The molecule has 0 saturated heterocycles. The molecule has 0 heterocycles. The van der Waals surface area contributed by atoms with Gasteiger partial charge in [0, 0.05) is 11.6 Å². The predicted molar refractivity (Wildman–Crippen MR) is 67.1 cm³/mol. The predicted octanol–water partition coefficient (Wildman–Crippen LogP) is 2.33. The summed E-state index contributed by atoms with van der Waals surface area (Å²) in [6, 6.07) is 3.48. The Morgan fingerprint density at radius 1 is 1.17 bits per heavy atom. The third-order valence-electron chi connectivity index (χ3n) is 2.24. The lowest BCUT2D eigenvalue weighted by Crippen LogP contribution is -2.07. The van der Waals surface area contributed by atoms with Crippen LogP contribution in [0.5, 0.6) is 17.2 Å². The summed E-state index contributed by atoms with van der Waals surface area (Å²) < 4.78 is 16.1. The molecule has 0 spiro atoms. The number of carbonyl (C=O) groups excluding carboxylic acids is 1. The third kappa shape index (κ3) is 3.50. The molecule has 18 heavy (non-hydrogen) atoms. The number of hydrogen-bond acceptors (Lipinski definition) is 5. The Bertz CT molecular complexity index is 451. The number of benzene rings is 1. The molecule has 0 atom stereocenters. The summed E-state index contributed by atoms with van der Waals surface area (Å²) in [6.07, 6.45) is 1.53. The second-order valence-corrected chi connectivity index (χ2v) is 3.89. The van der Waals surface area contributed by atoms with Crippen LogP contribution in [0.4, 0.5) is 0 Å². The van der Waals surface area contributed by atoms with E-state index in [0.717, 1.165) is 5.56 Å². The van der Waals surface area contributed by atoms with Crippen molar-refractivity contribution in [1.82, 2.24) is 0 Å². The van der Waals surface area contributed by atoms with E-state index in [0.29, 0.717) is 17.2 Å². The van der Waals surface area contributed by atoms with Crippen LogP contribution in [0.15, 0.2) is 17.1 Å². The number of rotatable bonds is 6. The maximum Gasteiger partial charge on any atom is 0.235 e. The van der Waals surface area contributed by atoms with Gasteiger partial charge >= 0.3 is 0 Å². The molecule has 0 bridgehead atoms. The zero-order chi connectivity index (χ0) is 13.5. The Kier molecular flexibility index (Phi) is 5.21. The van der Waals surface area contributed by atoms with Crippen LogP contribution in [-0.4, -0.2) is 26.4 Å². The van der Waals surface area contributed by atoms with E-state index in [4.69, 9.17) is 14.2 Å². The van der Waals surface area contributed by atoms with Crippen molar-refractivity contribution in [2.24, 2.45) is 4.99 Å². The minimum atomic E-state index is 0.0300. The van der Waals surface area contributed by atoms with Gasteiger partial charge in [0.1, 0.15) is 5.75 Å². The Labute approximate surface area is 106 Å². The summed E-state index contributed by atoms with van der Waals surface area (Å²) in [6.45, 7) is 4.05. The smallest absolute Gasteiger partial charge is 0.235 e. The van der Waals surface area contributed by atoms with Crippen LogP contribution in [0.25, 0.3) is 0 Å². The molecule has 1 aromatic rings. The normalized spacial score (nSPS) is 9.83. The maximum atomic E-state index is 10.2. The first-order chi connectivity index (χ1) is 8.62. The number of nitrogens with zero attached hydrogens (tertiary/aromatic N) is 1. The lowest BCUT2D eigenvalue weighted by Gasteiger charge is -2.16. The van der Waals surface area contributed by atoms with Crippen molar-refractivity contribution in [2.75, 3.05) is 14.2 Å². The Balaban J connectivity index is 3.17. The van der Waals surface area contributed by atoms with Gasteiger partial charge in [-0.2, -0.15) is 0 Å². The van der Waals surface area contributed by atoms with Crippen LogP contribution in [0.2, 0.25) is 0 Å². The SMILES string of the molecule is COc1cc(OC(C)C)c(OC)cc1CN=C=O. The highest BCUT2D eigenvalue weighted by Crippen LogP contribution is 2.35. The standard InChI is InChI=1S/C13H17NO4/c1-9(2)18-13-6-11(16-3)10(7-14-8-15)5-12(13)17-4/h5-6,9H,7H2,1-4H3. The zero-order valence-corrected chi connectivity index (χ0v) is 11.0. The molecule has 0 radical (unpaired) electrons. The van der Waals surface area contributed by atoms with Crippen molar-refractivity contribution in [2.45, 2.75) is 26.5 Å². The van der Waals surface area contributed by atoms with Crippen LogP contribution >= 0.6 is 0 Å². The summed E-state index contributed by atoms with van der Waals surface area (Å²) in [7, 11) is 3.11. The van der Waals surface area contributed by atoms with E-state index < -0.39 is 0 Å². The molecule has 98 valence electrons. The van der Waals surface area contributed by atoms with Crippen molar-refractivity contribution >= 4 is 6.08 Å². The molecule has 1 rings (SSSR count). The highest BCUT2D eigenvalue weighted by molar-refractivity contribution is 5.51. The van der Waals surface area contributed by atoms with Crippen LogP contribution in [0.3, 0.4) is 0 Å². The summed E-state index contributed by atoms with van der Waals surface area (Å²) >= 11 is 0.